The molecule has 3 N–H and O–H groups in total. The summed E-state index contributed by atoms with van der Waals surface area (Å²) in [6, 6.07) is 2.76. The van der Waals surface area contributed by atoms with Crippen molar-refractivity contribution in [1.82, 2.24) is 4.57 Å². The number of nitrogen functional groups attached to an aromatic ring is 1. The van der Waals surface area contributed by atoms with E-state index >= 15 is 0 Å². The molecule has 0 amide bonds. The first-order chi connectivity index (χ1) is 11.3. The average molecular weight is 328 g/mol. The van der Waals surface area contributed by atoms with E-state index in [9.17, 15) is 19.2 Å². The molecular weight excluding hydrogens is 316 g/mol. The Morgan fingerprint density at radius 2 is 2.04 bits per heavy atom. The zero-order valence-corrected chi connectivity index (χ0v) is 12.5. The summed E-state index contributed by atoms with van der Waals surface area (Å²) < 4.78 is 6.53. The highest BCUT2D eigenvalue weighted by Gasteiger charge is 2.41. The number of carbonyl (C=O) groups excluding carboxylic acids is 3. The average Bonchev–Trinajstić information content (AvgIpc) is 2.81. The molecule has 0 fully saturated rings. The van der Waals surface area contributed by atoms with Crippen LogP contribution in [0.25, 0.3) is 10.9 Å². The highest BCUT2D eigenvalue weighted by atomic mass is 16.5. The van der Waals surface area contributed by atoms with E-state index in [1.807, 2.05) is 0 Å². The first-order valence-corrected chi connectivity index (χ1v) is 6.87. The summed E-state index contributed by atoms with van der Waals surface area (Å²) in [5, 5.41) is 9.29. The Balaban J connectivity index is 2.38. The molecule has 2 heterocycles. The van der Waals surface area contributed by atoms with Crippen molar-refractivity contribution in [3.05, 3.63) is 36.0 Å². The Bertz CT molecular complexity index is 969. The second-order valence-electron chi connectivity index (χ2n) is 5.24. The van der Waals surface area contributed by atoms with Crippen molar-refractivity contribution < 1.29 is 29.0 Å². The number of carboxylic acid groups (broad SMARTS) is 1. The minimum Gasteiger partial charge on any atom is -0.478 e. The van der Waals surface area contributed by atoms with Crippen LogP contribution in [0.15, 0.2) is 24.8 Å². The molecule has 0 bridgehead atoms. The van der Waals surface area contributed by atoms with Crippen molar-refractivity contribution in [3.63, 3.8) is 0 Å². The van der Waals surface area contributed by atoms with Gasteiger partial charge in [-0.3, -0.25) is 19.0 Å². The van der Waals surface area contributed by atoms with Crippen LogP contribution in [0.4, 0.5) is 5.69 Å². The largest absolute Gasteiger partial charge is 0.478 e. The Kier molecular flexibility index (Phi) is 3.26. The molecule has 24 heavy (non-hydrogen) atoms. The quantitative estimate of drug-likeness (QED) is 0.477. The Morgan fingerprint density at radius 1 is 1.38 bits per heavy atom. The van der Waals surface area contributed by atoms with Crippen molar-refractivity contribution in [1.29, 1.82) is 0 Å². The summed E-state index contributed by atoms with van der Waals surface area (Å²) in [4.78, 5) is 47.2. The van der Waals surface area contributed by atoms with E-state index in [0.717, 1.165) is 6.08 Å². The zero-order chi connectivity index (χ0) is 17.8. The number of ketones is 2. The van der Waals surface area contributed by atoms with E-state index in [4.69, 9.17) is 15.6 Å². The number of allylic oxidation sites excluding steroid dienone is 1. The third-order valence-electron chi connectivity index (χ3n) is 3.93. The normalized spacial score (nSPS) is 16.6. The van der Waals surface area contributed by atoms with Crippen LogP contribution >= 0.6 is 0 Å². The number of nitrogens with two attached hydrogens (primary N) is 1. The molecule has 1 aromatic heterocycles. The van der Waals surface area contributed by atoms with Gasteiger partial charge in [0.2, 0.25) is 5.78 Å². The molecule has 122 valence electrons. The van der Waals surface area contributed by atoms with Gasteiger partial charge in [0.1, 0.15) is 5.75 Å². The monoisotopic (exact) mass is 328 g/mol. The van der Waals surface area contributed by atoms with Crippen molar-refractivity contribution in [2.24, 2.45) is 0 Å². The highest BCUT2D eigenvalue weighted by molar-refractivity contribution is 6.49. The lowest BCUT2D eigenvalue weighted by molar-refractivity contribution is -0.149. The first kappa shape index (κ1) is 15.5. The van der Waals surface area contributed by atoms with Gasteiger partial charge >= 0.3 is 5.97 Å². The highest BCUT2D eigenvalue weighted by Crippen LogP contribution is 2.40. The van der Waals surface area contributed by atoms with Gasteiger partial charge < -0.3 is 15.6 Å². The number of nitrogens with zero attached hydrogens (tertiary/aromatic N) is 1. The van der Waals surface area contributed by atoms with E-state index in [1.54, 1.807) is 6.92 Å². The van der Waals surface area contributed by atoms with Gasteiger partial charge in [-0.15, -0.1) is 0 Å². The molecule has 0 saturated carbocycles. The third kappa shape index (κ3) is 1.86. The number of rotatable bonds is 2. The van der Waals surface area contributed by atoms with Crippen LogP contribution in [0.1, 0.15) is 20.8 Å². The fraction of sp³-hybridized carbons (Fsp3) is 0.125. The van der Waals surface area contributed by atoms with Gasteiger partial charge in [0, 0.05) is 5.69 Å². The summed E-state index contributed by atoms with van der Waals surface area (Å²) >= 11 is 0. The molecule has 0 spiro atoms. The Labute approximate surface area is 135 Å². The van der Waals surface area contributed by atoms with Crippen molar-refractivity contribution in [2.45, 2.75) is 13.0 Å². The lowest BCUT2D eigenvalue weighted by atomic mass is 9.97. The van der Waals surface area contributed by atoms with Crippen LogP contribution in [0.5, 0.6) is 5.75 Å². The molecule has 8 nitrogen and oxygen atoms in total. The minimum atomic E-state index is -1.94. The fourth-order valence-corrected chi connectivity index (χ4v) is 2.76. The second-order valence-corrected chi connectivity index (χ2v) is 5.24. The van der Waals surface area contributed by atoms with Crippen LogP contribution in [0.3, 0.4) is 0 Å². The van der Waals surface area contributed by atoms with E-state index < -0.39 is 29.5 Å². The number of ether oxygens (including phenoxy) is 1. The lowest BCUT2D eigenvalue weighted by Crippen LogP contribution is -2.43. The first-order valence-electron chi connectivity index (χ1n) is 6.87. The van der Waals surface area contributed by atoms with Crippen molar-refractivity contribution in [3.8, 4) is 5.75 Å². The number of aliphatic carboxylic acids is 1. The van der Waals surface area contributed by atoms with Crippen LogP contribution in [-0.2, 0) is 9.59 Å². The van der Waals surface area contributed by atoms with Gasteiger partial charge in [0.15, 0.2) is 0 Å². The molecule has 8 heteroatoms. The third-order valence-corrected chi connectivity index (χ3v) is 3.93. The number of hydrogen-bond acceptors (Lipinski definition) is 6. The molecule has 1 atom stereocenters. The molecule has 3 rings (SSSR count). The molecule has 1 aliphatic heterocycles. The van der Waals surface area contributed by atoms with E-state index in [0.29, 0.717) is 11.2 Å². The predicted molar refractivity (Wildman–Crippen MR) is 83.3 cm³/mol. The Morgan fingerprint density at radius 3 is 2.62 bits per heavy atom. The topological polar surface area (TPSA) is 129 Å². The van der Waals surface area contributed by atoms with Crippen LogP contribution in [0, 0.1) is 6.92 Å². The van der Waals surface area contributed by atoms with Crippen LogP contribution in [-0.4, -0.2) is 39.2 Å². The molecule has 2 aromatic rings. The van der Waals surface area contributed by atoms with E-state index in [1.165, 1.54) is 16.7 Å². The number of benzene rings is 1. The number of hydrogen-bond donors (Lipinski definition) is 2. The minimum absolute atomic E-state index is 0.0834. The number of aromatic nitrogens is 1. The van der Waals surface area contributed by atoms with E-state index in [2.05, 4.69) is 6.58 Å². The van der Waals surface area contributed by atoms with Gasteiger partial charge in [0.25, 0.3) is 17.8 Å². The molecule has 1 aromatic carbocycles. The summed E-state index contributed by atoms with van der Waals surface area (Å²) in [7, 11) is 0. The number of carboxylic acids is 1. The summed E-state index contributed by atoms with van der Waals surface area (Å²) in [5.74, 6) is -4.26. The van der Waals surface area contributed by atoms with Crippen molar-refractivity contribution in [2.75, 3.05) is 5.73 Å². The molecule has 0 aliphatic carbocycles. The number of carbonyl (C=O) groups is 4. The molecule has 1 unspecified atom stereocenters. The standard InChI is InChI=1S/C16H12N2O6/c1-3-9(19)18-6(2)11(17)10-8(18)5-4-7-12(20)13(21)15(16(22)23)24-14(7)10/h3-5,15H,1,17H2,2H3,(H,22,23). The number of anilines is 1. The summed E-state index contributed by atoms with van der Waals surface area (Å²) in [5.41, 5.74) is 6.82. The number of Topliss-reactive ketones (excluding diaryl/α,β-unsaturated/α-hetero) is 2. The SMILES string of the molecule is C=CC(=O)n1c(C)c(N)c2c3c(ccc21)C(=O)C(=O)C(C(=O)O)O3. The molecule has 0 saturated heterocycles. The van der Waals surface area contributed by atoms with Gasteiger partial charge in [0.05, 0.1) is 22.2 Å². The van der Waals surface area contributed by atoms with Crippen LogP contribution in [0.2, 0.25) is 0 Å². The van der Waals surface area contributed by atoms with Gasteiger partial charge in [-0.2, -0.15) is 0 Å². The second kappa shape index (κ2) is 5.05. The fourth-order valence-electron chi connectivity index (χ4n) is 2.76. The molecule has 1 aliphatic rings. The maximum absolute atomic E-state index is 12.1. The molecular formula is C16H12N2O6. The maximum Gasteiger partial charge on any atom is 0.353 e. The van der Waals surface area contributed by atoms with Gasteiger partial charge in [-0.1, -0.05) is 6.58 Å². The Hall–Kier alpha value is -3.42. The predicted octanol–water partition coefficient (Wildman–Crippen LogP) is 0.956. The van der Waals surface area contributed by atoms with Crippen LogP contribution < -0.4 is 10.5 Å². The van der Waals surface area contributed by atoms with Gasteiger partial charge in [-0.25, -0.2) is 4.79 Å². The maximum atomic E-state index is 12.1. The van der Waals surface area contributed by atoms with E-state index in [-0.39, 0.29) is 22.4 Å². The molecule has 0 radical (unpaired) electrons. The summed E-state index contributed by atoms with van der Waals surface area (Å²) in [6.07, 6.45) is -0.838. The van der Waals surface area contributed by atoms with Gasteiger partial charge in [-0.05, 0) is 25.1 Å². The van der Waals surface area contributed by atoms with Crippen molar-refractivity contribution >= 4 is 40.0 Å². The zero-order valence-electron chi connectivity index (χ0n) is 12.5. The smallest absolute Gasteiger partial charge is 0.353 e. The summed E-state index contributed by atoms with van der Waals surface area (Å²) in [6.45, 7) is 5.01. The lowest BCUT2D eigenvalue weighted by Gasteiger charge is -2.22. The number of fused-ring (bicyclic) bond motifs is 3.